The average molecular weight is 325 g/mol. The maximum Gasteiger partial charge on any atom is 0.327 e. The molecule has 6 nitrogen and oxygen atoms in total. The van der Waals surface area contributed by atoms with Crippen molar-refractivity contribution < 1.29 is 19.4 Å². The molecule has 2 rings (SSSR count). The molecule has 2 N–H and O–H groups in total. The van der Waals surface area contributed by atoms with E-state index in [0.29, 0.717) is 23.9 Å². The molecule has 1 aromatic carbocycles. The Balaban J connectivity index is 2.09. The normalized spacial score (nSPS) is 15.0. The molecule has 1 aromatic rings. The number of morpholine rings is 1. The summed E-state index contributed by atoms with van der Waals surface area (Å²) in [5, 5.41) is 11.8. The van der Waals surface area contributed by atoms with Crippen molar-refractivity contribution in [3.8, 4) is 0 Å². The van der Waals surface area contributed by atoms with Gasteiger partial charge in [0.2, 0.25) is 5.91 Å². The standard InChI is InChI=1S/C15H17ClN2O4/c16-11-4-5-13(18-6-8-22-9-7-18)12(10-11)17-14(19)2-1-3-15(20)21/h1,3-5,10H,2,6-9H2,(H,17,19)(H,20,21). The monoisotopic (exact) mass is 324 g/mol. The quantitative estimate of drug-likeness (QED) is 0.811. The Bertz CT molecular complexity index is 583. The Labute approximate surface area is 133 Å². The van der Waals surface area contributed by atoms with Gasteiger partial charge in [-0.05, 0) is 18.2 Å². The number of hydrogen-bond donors (Lipinski definition) is 2. The van der Waals surface area contributed by atoms with E-state index < -0.39 is 5.97 Å². The van der Waals surface area contributed by atoms with Gasteiger partial charge in [0.25, 0.3) is 0 Å². The van der Waals surface area contributed by atoms with Gasteiger partial charge in [0, 0.05) is 30.6 Å². The fourth-order valence-corrected chi connectivity index (χ4v) is 2.33. The van der Waals surface area contributed by atoms with Crippen LogP contribution in [0.2, 0.25) is 5.02 Å². The summed E-state index contributed by atoms with van der Waals surface area (Å²) in [6.07, 6.45) is 2.23. The summed E-state index contributed by atoms with van der Waals surface area (Å²) in [6, 6.07) is 5.31. The zero-order valence-electron chi connectivity index (χ0n) is 11.9. The Morgan fingerprint density at radius 1 is 1.36 bits per heavy atom. The third kappa shape index (κ3) is 4.75. The van der Waals surface area contributed by atoms with Crippen molar-refractivity contribution in [1.29, 1.82) is 0 Å². The average Bonchev–Trinajstić information content (AvgIpc) is 2.48. The van der Waals surface area contributed by atoms with Gasteiger partial charge in [-0.1, -0.05) is 17.7 Å². The number of benzene rings is 1. The number of aliphatic carboxylic acids is 1. The highest BCUT2D eigenvalue weighted by Crippen LogP contribution is 2.30. The first kappa shape index (κ1) is 16.3. The van der Waals surface area contributed by atoms with Crippen LogP contribution in [0.25, 0.3) is 0 Å². The summed E-state index contributed by atoms with van der Waals surface area (Å²) in [5.74, 6) is -1.38. The Hall–Kier alpha value is -2.05. The van der Waals surface area contributed by atoms with E-state index in [1.165, 1.54) is 6.08 Å². The molecule has 0 bridgehead atoms. The minimum Gasteiger partial charge on any atom is -0.478 e. The van der Waals surface area contributed by atoms with E-state index in [1.54, 1.807) is 12.1 Å². The number of nitrogens with one attached hydrogen (secondary N) is 1. The number of hydrogen-bond acceptors (Lipinski definition) is 4. The van der Waals surface area contributed by atoms with Crippen molar-refractivity contribution in [3.05, 3.63) is 35.4 Å². The van der Waals surface area contributed by atoms with E-state index in [9.17, 15) is 9.59 Å². The van der Waals surface area contributed by atoms with Crippen LogP contribution in [0.15, 0.2) is 30.4 Å². The third-order valence-electron chi connectivity index (χ3n) is 3.15. The number of carbonyl (C=O) groups is 2. The fourth-order valence-electron chi connectivity index (χ4n) is 2.16. The molecule has 0 radical (unpaired) electrons. The number of carboxylic acids is 1. The molecule has 118 valence electrons. The number of halogens is 1. The van der Waals surface area contributed by atoms with Crippen LogP contribution in [0, 0.1) is 0 Å². The lowest BCUT2D eigenvalue weighted by molar-refractivity contribution is -0.131. The molecule has 1 saturated heterocycles. The van der Waals surface area contributed by atoms with Crippen molar-refractivity contribution in [1.82, 2.24) is 0 Å². The van der Waals surface area contributed by atoms with Crippen LogP contribution in [-0.2, 0) is 14.3 Å². The number of anilines is 2. The van der Waals surface area contributed by atoms with Crippen molar-refractivity contribution in [3.63, 3.8) is 0 Å². The summed E-state index contributed by atoms with van der Waals surface area (Å²) in [6.45, 7) is 2.75. The first-order valence-corrected chi connectivity index (χ1v) is 7.25. The second-order valence-corrected chi connectivity index (χ2v) is 5.19. The predicted octanol–water partition coefficient (Wildman–Crippen LogP) is 2.15. The molecule has 7 heteroatoms. The number of nitrogens with zero attached hydrogens (tertiary/aromatic N) is 1. The smallest absolute Gasteiger partial charge is 0.327 e. The van der Waals surface area contributed by atoms with Crippen LogP contribution in [0.5, 0.6) is 0 Å². The molecule has 0 spiro atoms. The van der Waals surface area contributed by atoms with Crippen molar-refractivity contribution in [2.24, 2.45) is 0 Å². The molecule has 0 aromatic heterocycles. The molecule has 0 aliphatic carbocycles. The SMILES string of the molecule is O=C(O)C=CCC(=O)Nc1cc(Cl)ccc1N1CCOCC1. The Morgan fingerprint density at radius 2 is 2.09 bits per heavy atom. The summed E-state index contributed by atoms with van der Waals surface area (Å²) < 4.78 is 5.32. The van der Waals surface area contributed by atoms with Crippen LogP contribution >= 0.6 is 11.6 Å². The molecule has 0 saturated carbocycles. The van der Waals surface area contributed by atoms with Crippen LogP contribution in [0.3, 0.4) is 0 Å². The number of amides is 1. The summed E-state index contributed by atoms with van der Waals surface area (Å²) in [5.41, 5.74) is 1.49. The Morgan fingerprint density at radius 3 is 2.77 bits per heavy atom. The second-order valence-electron chi connectivity index (χ2n) is 4.75. The molecular weight excluding hydrogens is 308 g/mol. The largest absolute Gasteiger partial charge is 0.478 e. The number of carboxylic acid groups (broad SMARTS) is 1. The highest BCUT2D eigenvalue weighted by molar-refractivity contribution is 6.31. The summed E-state index contributed by atoms with van der Waals surface area (Å²) in [4.78, 5) is 24.4. The minimum absolute atomic E-state index is 0.0125. The van der Waals surface area contributed by atoms with Gasteiger partial charge >= 0.3 is 5.97 Å². The highest BCUT2D eigenvalue weighted by Gasteiger charge is 2.16. The summed E-state index contributed by atoms with van der Waals surface area (Å²) in [7, 11) is 0. The van der Waals surface area contributed by atoms with E-state index in [4.69, 9.17) is 21.4 Å². The molecule has 0 atom stereocenters. The molecule has 1 fully saturated rings. The molecule has 1 amide bonds. The minimum atomic E-state index is -1.08. The Kier molecular flexibility index (Phi) is 5.80. The van der Waals surface area contributed by atoms with Gasteiger partial charge in [-0.15, -0.1) is 0 Å². The maximum atomic E-state index is 11.9. The number of carbonyl (C=O) groups excluding carboxylic acids is 1. The van der Waals surface area contributed by atoms with Crippen LogP contribution in [0.4, 0.5) is 11.4 Å². The third-order valence-corrected chi connectivity index (χ3v) is 3.38. The zero-order chi connectivity index (χ0) is 15.9. The lowest BCUT2D eigenvalue weighted by Crippen LogP contribution is -2.36. The second kappa shape index (κ2) is 7.82. The fraction of sp³-hybridized carbons (Fsp3) is 0.333. The van der Waals surface area contributed by atoms with E-state index >= 15 is 0 Å². The summed E-state index contributed by atoms with van der Waals surface area (Å²) >= 11 is 6.00. The van der Waals surface area contributed by atoms with Gasteiger partial charge in [-0.2, -0.15) is 0 Å². The van der Waals surface area contributed by atoms with Crippen molar-refractivity contribution in [2.75, 3.05) is 36.5 Å². The predicted molar refractivity (Wildman–Crippen MR) is 84.5 cm³/mol. The van der Waals surface area contributed by atoms with Gasteiger partial charge in [0.1, 0.15) is 0 Å². The lowest BCUT2D eigenvalue weighted by atomic mass is 10.2. The van der Waals surface area contributed by atoms with Crippen molar-refractivity contribution in [2.45, 2.75) is 6.42 Å². The van der Waals surface area contributed by atoms with E-state index in [2.05, 4.69) is 10.2 Å². The van der Waals surface area contributed by atoms with Gasteiger partial charge < -0.3 is 20.1 Å². The van der Waals surface area contributed by atoms with Gasteiger partial charge in [-0.25, -0.2) is 4.79 Å². The van der Waals surface area contributed by atoms with Gasteiger partial charge in [0.05, 0.1) is 24.6 Å². The first-order chi connectivity index (χ1) is 10.6. The molecule has 1 aliphatic rings. The van der Waals surface area contributed by atoms with E-state index in [0.717, 1.165) is 24.9 Å². The first-order valence-electron chi connectivity index (χ1n) is 6.88. The maximum absolute atomic E-state index is 11.9. The molecule has 0 unspecified atom stereocenters. The molecule has 1 heterocycles. The van der Waals surface area contributed by atoms with Gasteiger partial charge in [0.15, 0.2) is 0 Å². The van der Waals surface area contributed by atoms with E-state index in [1.807, 2.05) is 6.07 Å². The number of rotatable bonds is 5. The zero-order valence-corrected chi connectivity index (χ0v) is 12.7. The highest BCUT2D eigenvalue weighted by atomic mass is 35.5. The van der Waals surface area contributed by atoms with Gasteiger partial charge in [-0.3, -0.25) is 4.79 Å². The topological polar surface area (TPSA) is 78.9 Å². The van der Waals surface area contributed by atoms with Crippen LogP contribution in [-0.4, -0.2) is 43.3 Å². The van der Waals surface area contributed by atoms with Crippen LogP contribution in [0.1, 0.15) is 6.42 Å². The molecule has 1 aliphatic heterocycles. The molecule has 22 heavy (non-hydrogen) atoms. The number of ether oxygens (including phenoxy) is 1. The van der Waals surface area contributed by atoms with Crippen LogP contribution < -0.4 is 10.2 Å². The van der Waals surface area contributed by atoms with Crippen molar-refractivity contribution >= 4 is 34.9 Å². The molecular formula is C15H17ClN2O4. The lowest BCUT2D eigenvalue weighted by Gasteiger charge is -2.30. The van der Waals surface area contributed by atoms with E-state index in [-0.39, 0.29) is 12.3 Å².